The summed E-state index contributed by atoms with van der Waals surface area (Å²) in [4.78, 5) is 21.7. The summed E-state index contributed by atoms with van der Waals surface area (Å²) >= 11 is 0. The highest BCUT2D eigenvalue weighted by molar-refractivity contribution is 5.77. The Bertz CT molecular complexity index is 217. The van der Waals surface area contributed by atoms with Gasteiger partial charge >= 0.3 is 0 Å². The van der Waals surface area contributed by atoms with Gasteiger partial charge in [0.2, 0.25) is 11.8 Å². The van der Waals surface area contributed by atoms with Crippen LogP contribution in [0.5, 0.6) is 0 Å². The van der Waals surface area contributed by atoms with Gasteiger partial charge in [-0.15, -0.1) is 0 Å². The molecule has 0 aromatic rings. The van der Waals surface area contributed by atoms with E-state index < -0.39 is 0 Å². The Kier molecular flexibility index (Phi) is 8.52. The summed E-state index contributed by atoms with van der Waals surface area (Å²) in [5.74, 6) is -0.156. The molecule has 0 saturated heterocycles. The van der Waals surface area contributed by atoms with Gasteiger partial charge in [0.05, 0.1) is 6.10 Å². The first-order valence-corrected chi connectivity index (χ1v) is 5.65. The molecule has 0 unspecified atom stereocenters. The lowest BCUT2D eigenvalue weighted by atomic mass is 10.3. The Morgan fingerprint density at radius 2 is 1.88 bits per heavy atom. The Hall–Kier alpha value is -1.10. The van der Waals surface area contributed by atoms with Crippen molar-refractivity contribution in [1.29, 1.82) is 0 Å². The molecule has 0 aliphatic rings. The molecule has 0 bridgehead atoms. The molecule has 0 rings (SSSR count). The van der Waals surface area contributed by atoms with Crippen molar-refractivity contribution >= 4 is 11.8 Å². The van der Waals surface area contributed by atoms with E-state index in [9.17, 15) is 9.59 Å². The van der Waals surface area contributed by atoms with Crippen LogP contribution in [0, 0.1) is 0 Å². The van der Waals surface area contributed by atoms with Crippen LogP contribution in [0.4, 0.5) is 0 Å². The molecule has 16 heavy (non-hydrogen) atoms. The van der Waals surface area contributed by atoms with Crippen LogP contribution in [0.15, 0.2) is 0 Å². The first-order chi connectivity index (χ1) is 7.52. The fourth-order valence-electron chi connectivity index (χ4n) is 1.06. The predicted octanol–water partition coefficient (Wildman–Crippen LogP) is 0.444. The van der Waals surface area contributed by atoms with Crippen molar-refractivity contribution in [2.24, 2.45) is 0 Å². The third-order valence-corrected chi connectivity index (χ3v) is 1.82. The summed E-state index contributed by atoms with van der Waals surface area (Å²) in [6.45, 7) is 7.05. The number of hydrogen-bond donors (Lipinski definition) is 2. The highest BCUT2D eigenvalue weighted by atomic mass is 16.5. The minimum absolute atomic E-state index is 0.0432. The van der Waals surface area contributed by atoms with E-state index in [1.165, 1.54) is 6.92 Å². The van der Waals surface area contributed by atoms with E-state index in [0.29, 0.717) is 26.1 Å². The number of carbonyl (C=O) groups excluding carboxylic acids is 2. The van der Waals surface area contributed by atoms with Gasteiger partial charge < -0.3 is 15.4 Å². The molecular formula is C11H22N2O3. The zero-order valence-corrected chi connectivity index (χ0v) is 10.3. The van der Waals surface area contributed by atoms with Gasteiger partial charge in [0, 0.05) is 33.0 Å². The molecule has 0 spiro atoms. The van der Waals surface area contributed by atoms with Crippen molar-refractivity contribution in [3.8, 4) is 0 Å². The second-order valence-corrected chi connectivity index (χ2v) is 3.86. The molecule has 0 radical (unpaired) electrons. The van der Waals surface area contributed by atoms with E-state index in [2.05, 4.69) is 10.6 Å². The summed E-state index contributed by atoms with van der Waals surface area (Å²) in [7, 11) is 0. The van der Waals surface area contributed by atoms with Gasteiger partial charge in [-0.2, -0.15) is 0 Å². The van der Waals surface area contributed by atoms with Crippen LogP contribution < -0.4 is 10.6 Å². The zero-order chi connectivity index (χ0) is 12.4. The summed E-state index contributed by atoms with van der Waals surface area (Å²) in [5.41, 5.74) is 0. The third kappa shape index (κ3) is 11.0. The second kappa shape index (κ2) is 9.15. The minimum atomic E-state index is -0.113. The zero-order valence-electron chi connectivity index (χ0n) is 10.3. The molecule has 0 heterocycles. The molecule has 0 aliphatic carbocycles. The molecule has 0 fully saturated rings. The Morgan fingerprint density at radius 3 is 2.44 bits per heavy atom. The van der Waals surface area contributed by atoms with Crippen LogP contribution in [-0.4, -0.2) is 37.6 Å². The highest BCUT2D eigenvalue weighted by Crippen LogP contribution is 1.89. The molecule has 0 aliphatic heterocycles. The van der Waals surface area contributed by atoms with Gasteiger partial charge in [0.25, 0.3) is 0 Å². The number of carbonyl (C=O) groups is 2. The summed E-state index contributed by atoms with van der Waals surface area (Å²) in [5, 5.41) is 5.33. The average Bonchev–Trinajstić information content (AvgIpc) is 2.16. The van der Waals surface area contributed by atoms with Gasteiger partial charge in [-0.3, -0.25) is 9.59 Å². The van der Waals surface area contributed by atoms with Crippen molar-refractivity contribution in [1.82, 2.24) is 10.6 Å². The molecule has 0 saturated carbocycles. The average molecular weight is 230 g/mol. The predicted molar refractivity (Wildman–Crippen MR) is 62.0 cm³/mol. The SMILES string of the molecule is CC(=O)NCCC(=O)NCCCOC(C)C. The number of nitrogens with one attached hydrogen (secondary N) is 2. The molecule has 2 amide bonds. The Morgan fingerprint density at radius 1 is 1.19 bits per heavy atom. The van der Waals surface area contributed by atoms with E-state index in [1.54, 1.807) is 0 Å². The maximum Gasteiger partial charge on any atom is 0.221 e. The van der Waals surface area contributed by atoms with Crippen LogP contribution >= 0.6 is 0 Å². The molecule has 5 nitrogen and oxygen atoms in total. The quantitative estimate of drug-likeness (QED) is 0.595. The standard InChI is InChI=1S/C11H22N2O3/c1-9(2)16-8-4-6-13-11(15)5-7-12-10(3)14/h9H,4-8H2,1-3H3,(H,12,14)(H,13,15). The lowest BCUT2D eigenvalue weighted by molar-refractivity contribution is -0.121. The molecule has 5 heteroatoms. The van der Waals surface area contributed by atoms with E-state index in [0.717, 1.165) is 6.42 Å². The van der Waals surface area contributed by atoms with Crippen molar-refractivity contribution in [2.45, 2.75) is 39.7 Å². The van der Waals surface area contributed by atoms with E-state index in [-0.39, 0.29) is 17.9 Å². The van der Waals surface area contributed by atoms with Crippen LogP contribution in [-0.2, 0) is 14.3 Å². The van der Waals surface area contributed by atoms with Gasteiger partial charge in [-0.05, 0) is 20.3 Å². The monoisotopic (exact) mass is 230 g/mol. The maximum atomic E-state index is 11.2. The summed E-state index contributed by atoms with van der Waals surface area (Å²) < 4.78 is 5.33. The van der Waals surface area contributed by atoms with Crippen molar-refractivity contribution in [3.05, 3.63) is 0 Å². The van der Waals surface area contributed by atoms with Gasteiger partial charge in [0.15, 0.2) is 0 Å². The molecule has 2 N–H and O–H groups in total. The van der Waals surface area contributed by atoms with Crippen molar-refractivity contribution < 1.29 is 14.3 Å². The van der Waals surface area contributed by atoms with Crippen LogP contribution in [0.1, 0.15) is 33.6 Å². The topological polar surface area (TPSA) is 67.4 Å². The molecular weight excluding hydrogens is 208 g/mol. The van der Waals surface area contributed by atoms with Crippen LogP contribution in [0.25, 0.3) is 0 Å². The lowest BCUT2D eigenvalue weighted by Gasteiger charge is -2.08. The lowest BCUT2D eigenvalue weighted by Crippen LogP contribution is -2.30. The smallest absolute Gasteiger partial charge is 0.221 e. The number of ether oxygens (including phenoxy) is 1. The summed E-state index contributed by atoms with van der Waals surface area (Å²) in [6.07, 6.45) is 1.37. The number of amides is 2. The normalized spacial score (nSPS) is 10.2. The van der Waals surface area contributed by atoms with E-state index in [1.807, 2.05) is 13.8 Å². The van der Waals surface area contributed by atoms with Gasteiger partial charge in [-0.1, -0.05) is 0 Å². The van der Waals surface area contributed by atoms with Crippen molar-refractivity contribution in [3.63, 3.8) is 0 Å². The minimum Gasteiger partial charge on any atom is -0.379 e. The van der Waals surface area contributed by atoms with Gasteiger partial charge in [-0.25, -0.2) is 0 Å². The van der Waals surface area contributed by atoms with Gasteiger partial charge in [0.1, 0.15) is 0 Å². The first-order valence-electron chi connectivity index (χ1n) is 5.65. The Labute approximate surface area is 96.9 Å². The fraction of sp³-hybridized carbons (Fsp3) is 0.818. The number of rotatable bonds is 8. The van der Waals surface area contributed by atoms with Crippen molar-refractivity contribution in [2.75, 3.05) is 19.7 Å². The summed E-state index contributed by atoms with van der Waals surface area (Å²) in [6, 6.07) is 0. The fourth-order valence-corrected chi connectivity index (χ4v) is 1.06. The molecule has 0 aromatic carbocycles. The van der Waals surface area contributed by atoms with Crippen LogP contribution in [0.2, 0.25) is 0 Å². The molecule has 0 atom stereocenters. The van der Waals surface area contributed by atoms with E-state index in [4.69, 9.17) is 4.74 Å². The molecule has 94 valence electrons. The highest BCUT2D eigenvalue weighted by Gasteiger charge is 2.00. The maximum absolute atomic E-state index is 11.2. The largest absolute Gasteiger partial charge is 0.379 e. The van der Waals surface area contributed by atoms with Crippen LogP contribution in [0.3, 0.4) is 0 Å². The first kappa shape index (κ1) is 14.9. The second-order valence-electron chi connectivity index (χ2n) is 3.86. The molecule has 0 aromatic heterocycles. The third-order valence-electron chi connectivity index (χ3n) is 1.82. The number of hydrogen-bond acceptors (Lipinski definition) is 3. The Balaban J connectivity index is 3.27. The van der Waals surface area contributed by atoms with E-state index >= 15 is 0 Å².